The van der Waals surface area contributed by atoms with Gasteiger partial charge in [-0.3, -0.25) is 20.4 Å². The van der Waals surface area contributed by atoms with Gasteiger partial charge in [0.2, 0.25) is 0 Å². The van der Waals surface area contributed by atoms with Crippen LogP contribution in [-0.2, 0) is 4.79 Å². The third-order valence-corrected chi connectivity index (χ3v) is 2.03. The van der Waals surface area contributed by atoms with Crippen LogP contribution >= 0.6 is 0 Å². The van der Waals surface area contributed by atoms with Crippen molar-refractivity contribution in [2.75, 3.05) is 0 Å². The normalized spacial score (nSPS) is 9.35. The van der Waals surface area contributed by atoms with Crippen molar-refractivity contribution < 1.29 is 9.59 Å². The molecule has 0 saturated heterocycles. The zero-order valence-electron chi connectivity index (χ0n) is 10.2. The van der Waals surface area contributed by atoms with Crippen molar-refractivity contribution >= 4 is 11.8 Å². The second kappa shape index (κ2) is 5.84. The summed E-state index contributed by atoms with van der Waals surface area (Å²) >= 11 is 0. The lowest BCUT2D eigenvalue weighted by Gasteiger charge is -2.05. The summed E-state index contributed by atoms with van der Waals surface area (Å²) in [7, 11) is 0. The van der Waals surface area contributed by atoms with E-state index in [2.05, 4.69) is 10.9 Å². The van der Waals surface area contributed by atoms with E-state index < -0.39 is 0 Å². The highest BCUT2D eigenvalue weighted by Crippen LogP contribution is 2.02. The van der Waals surface area contributed by atoms with E-state index in [4.69, 9.17) is 0 Å². The summed E-state index contributed by atoms with van der Waals surface area (Å²) in [6.45, 7) is 5.56. The molecule has 0 fully saturated rings. The summed E-state index contributed by atoms with van der Waals surface area (Å²) in [5.74, 6) is -0.675. The van der Waals surface area contributed by atoms with Crippen LogP contribution in [0, 0.1) is 6.92 Å². The molecule has 4 heteroatoms. The Morgan fingerprint density at radius 1 is 1.06 bits per heavy atom. The Morgan fingerprint density at radius 2 is 1.65 bits per heavy atom. The molecule has 0 aromatic heterocycles. The van der Waals surface area contributed by atoms with Gasteiger partial charge in [0.25, 0.3) is 11.8 Å². The highest BCUT2D eigenvalue weighted by molar-refractivity contribution is 5.96. The Kier molecular flexibility index (Phi) is 4.46. The van der Waals surface area contributed by atoms with Crippen LogP contribution in [0.3, 0.4) is 0 Å². The summed E-state index contributed by atoms with van der Waals surface area (Å²) in [5.41, 5.74) is 7.11. The van der Waals surface area contributed by atoms with E-state index >= 15 is 0 Å². The van der Waals surface area contributed by atoms with E-state index in [1.807, 2.05) is 19.1 Å². The number of rotatable bonds is 2. The first kappa shape index (κ1) is 13.0. The molecule has 1 rings (SSSR count). The third-order valence-electron chi connectivity index (χ3n) is 2.03. The van der Waals surface area contributed by atoms with Gasteiger partial charge in [0, 0.05) is 11.6 Å². The van der Waals surface area contributed by atoms with E-state index in [1.165, 1.54) is 6.08 Å². The average Bonchev–Trinajstić information content (AvgIpc) is 2.26. The van der Waals surface area contributed by atoms with E-state index in [-0.39, 0.29) is 11.8 Å². The van der Waals surface area contributed by atoms with Crippen LogP contribution in [0.1, 0.15) is 29.8 Å². The maximum absolute atomic E-state index is 11.6. The number of carbonyl (C=O) groups excluding carboxylic acids is 2. The average molecular weight is 232 g/mol. The fourth-order valence-corrected chi connectivity index (χ4v) is 1.19. The standard InChI is InChI=1S/C13H16N2O2/c1-9(2)8-12(16)14-15-13(17)11-6-4-10(3)5-7-11/h4-8H,1-3H3,(H,14,16)(H,15,17). The molecule has 0 saturated carbocycles. The molecular weight excluding hydrogens is 216 g/mol. The lowest BCUT2D eigenvalue weighted by molar-refractivity contribution is -0.117. The molecule has 2 N–H and O–H groups in total. The molecule has 0 aliphatic rings. The van der Waals surface area contributed by atoms with Crippen LogP contribution in [-0.4, -0.2) is 11.8 Å². The van der Waals surface area contributed by atoms with Gasteiger partial charge in [-0.1, -0.05) is 23.3 Å². The van der Waals surface area contributed by atoms with Crippen LogP contribution < -0.4 is 10.9 Å². The van der Waals surface area contributed by atoms with Crippen LogP contribution in [0.15, 0.2) is 35.9 Å². The molecule has 0 heterocycles. The molecule has 1 aromatic rings. The summed E-state index contributed by atoms with van der Waals surface area (Å²) < 4.78 is 0. The molecule has 0 radical (unpaired) electrons. The third kappa shape index (κ3) is 4.51. The van der Waals surface area contributed by atoms with Gasteiger partial charge in [-0.25, -0.2) is 0 Å². The Balaban J connectivity index is 2.53. The van der Waals surface area contributed by atoms with Gasteiger partial charge >= 0.3 is 0 Å². The Morgan fingerprint density at radius 3 is 2.18 bits per heavy atom. The smallest absolute Gasteiger partial charge is 0.268 e. The summed E-state index contributed by atoms with van der Waals surface area (Å²) in [4.78, 5) is 22.8. The highest BCUT2D eigenvalue weighted by Gasteiger charge is 2.05. The molecule has 0 atom stereocenters. The first-order valence-corrected chi connectivity index (χ1v) is 5.31. The maximum atomic E-state index is 11.6. The van der Waals surface area contributed by atoms with Crippen LogP contribution in [0.4, 0.5) is 0 Å². The van der Waals surface area contributed by atoms with Crippen molar-refractivity contribution in [3.05, 3.63) is 47.0 Å². The number of aryl methyl sites for hydroxylation is 1. The van der Waals surface area contributed by atoms with Crippen molar-refractivity contribution in [2.24, 2.45) is 0 Å². The lowest BCUT2D eigenvalue weighted by atomic mass is 10.1. The highest BCUT2D eigenvalue weighted by atomic mass is 16.2. The van der Waals surface area contributed by atoms with Crippen LogP contribution in [0.2, 0.25) is 0 Å². The molecule has 0 aliphatic heterocycles. The number of allylic oxidation sites excluding steroid dienone is 1. The van der Waals surface area contributed by atoms with E-state index in [0.717, 1.165) is 11.1 Å². The van der Waals surface area contributed by atoms with Crippen molar-refractivity contribution in [3.63, 3.8) is 0 Å². The molecular formula is C13H16N2O2. The topological polar surface area (TPSA) is 58.2 Å². The van der Waals surface area contributed by atoms with Gasteiger partial charge in [0.05, 0.1) is 0 Å². The first-order valence-electron chi connectivity index (χ1n) is 5.31. The minimum absolute atomic E-state index is 0.333. The number of hydrogen-bond acceptors (Lipinski definition) is 2. The number of carbonyl (C=O) groups is 2. The first-order chi connectivity index (χ1) is 7.99. The van der Waals surface area contributed by atoms with Crippen molar-refractivity contribution in [3.8, 4) is 0 Å². The SMILES string of the molecule is CC(C)=CC(=O)NNC(=O)c1ccc(C)cc1. The molecule has 4 nitrogen and oxygen atoms in total. The second-order valence-corrected chi connectivity index (χ2v) is 4.03. The zero-order chi connectivity index (χ0) is 12.8. The number of hydrogen-bond donors (Lipinski definition) is 2. The van der Waals surface area contributed by atoms with Gasteiger partial charge in [-0.05, 0) is 32.9 Å². The lowest BCUT2D eigenvalue weighted by Crippen LogP contribution is -2.40. The second-order valence-electron chi connectivity index (χ2n) is 4.03. The molecule has 1 aromatic carbocycles. The molecule has 0 unspecified atom stereocenters. The quantitative estimate of drug-likeness (QED) is 0.602. The van der Waals surface area contributed by atoms with Gasteiger partial charge in [-0.2, -0.15) is 0 Å². The minimum Gasteiger partial charge on any atom is -0.268 e. The largest absolute Gasteiger partial charge is 0.269 e. The summed E-state index contributed by atoms with van der Waals surface area (Å²) in [6, 6.07) is 7.09. The molecule has 90 valence electrons. The molecule has 2 amide bonds. The maximum Gasteiger partial charge on any atom is 0.269 e. The number of nitrogens with one attached hydrogen (secondary N) is 2. The number of benzene rings is 1. The Bertz CT molecular complexity index is 443. The summed E-state index contributed by atoms with van der Waals surface area (Å²) in [5, 5.41) is 0. The molecule has 0 aliphatic carbocycles. The van der Waals surface area contributed by atoms with Crippen molar-refractivity contribution in [2.45, 2.75) is 20.8 Å². The van der Waals surface area contributed by atoms with E-state index in [0.29, 0.717) is 5.56 Å². The van der Waals surface area contributed by atoms with Gasteiger partial charge in [0.1, 0.15) is 0 Å². The van der Waals surface area contributed by atoms with Gasteiger partial charge in [0.15, 0.2) is 0 Å². The van der Waals surface area contributed by atoms with Crippen molar-refractivity contribution in [1.82, 2.24) is 10.9 Å². The summed E-state index contributed by atoms with van der Waals surface area (Å²) in [6.07, 6.45) is 1.41. The van der Waals surface area contributed by atoms with Crippen molar-refractivity contribution in [1.29, 1.82) is 0 Å². The van der Waals surface area contributed by atoms with Crippen LogP contribution in [0.5, 0.6) is 0 Å². The monoisotopic (exact) mass is 232 g/mol. The Labute approximate surface area is 101 Å². The number of amides is 2. The molecule has 0 bridgehead atoms. The minimum atomic E-state index is -0.342. The van der Waals surface area contributed by atoms with Gasteiger partial charge < -0.3 is 0 Å². The molecule has 0 spiro atoms. The fourth-order valence-electron chi connectivity index (χ4n) is 1.19. The number of hydrazine groups is 1. The van der Waals surface area contributed by atoms with Crippen LogP contribution in [0.25, 0.3) is 0 Å². The molecule has 17 heavy (non-hydrogen) atoms. The van der Waals surface area contributed by atoms with E-state index in [1.54, 1.807) is 26.0 Å². The zero-order valence-corrected chi connectivity index (χ0v) is 10.2. The predicted molar refractivity (Wildman–Crippen MR) is 66.2 cm³/mol. The predicted octanol–water partition coefficient (Wildman–Crippen LogP) is 1.72. The van der Waals surface area contributed by atoms with E-state index in [9.17, 15) is 9.59 Å². The Hall–Kier alpha value is -2.10. The fraction of sp³-hybridized carbons (Fsp3) is 0.231. The van der Waals surface area contributed by atoms with Gasteiger partial charge in [-0.15, -0.1) is 0 Å².